The Labute approximate surface area is 98.3 Å². The molecule has 2 aromatic rings. The van der Waals surface area contributed by atoms with Crippen LogP contribution in [0.3, 0.4) is 0 Å². The van der Waals surface area contributed by atoms with Gasteiger partial charge in [-0.05, 0) is 13.3 Å². The molecule has 0 aliphatic carbocycles. The third kappa shape index (κ3) is 2.24. The van der Waals surface area contributed by atoms with E-state index >= 15 is 0 Å². The van der Waals surface area contributed by atoms with Crippen molar-refractivity contribution in [3.8, 4) is 0 Å². The van der Waals surface area contributed by atoms with Crippen molar-refractivity contribution in [1.82, 2.24) is 14.7 Å². The van der Waals surface area contributed by atoms with Crippen molar-refractivity contribution in [2.24, 2.45) is 0 Å². The van der Waals surface area contributed by atoms with E-state index in [1.54, 1.807) is 11.3 Å². The zero-order valence-electron chi connectivity index (χ0n) is 9.49. The van der Waals surface area contributed by atoms with Crippen molar-refractivity contribution < 1.29 is 4.79 Å². The molecule has 0 spiro atoms. The fraction of sp³-hybridized carbons (Fsp3) is 0.455. The van der Waals surface area contributed by atoms with Gasteiger partial charge >= 0.3 is 0 Å². The van der Waals surface area contributed by atoms with Crippen LogP contribution >= 0.6 is 11.3 Å². The Morgan fingerprint density at radius 1 is 1.62 bits per heavy atom. The summed E-state index contributed by atoms with van der Waals surface area (Å²) in [5.41, 5.74) is 2.00. The van der Waals surface area contributed by atoms with Gasteiger partial charge in [0, 0.05) is 23.8 Å². The van der Waals surface area contributed by atoms with Crippen molar-refractivity contribution >= 4 is 22.2 Å². The smallest absolute Gasteiger partial charge is 0.225 e. The highest BCUT2D eigenvalue weighted by atomic mass is 32.1. The molecule has 0 saturated carbocycles. The molecule has 5 heteroatoms. The summed E-state index contributed by atoms with van der Waals surface area (Å²) in [5.74, 6) is 0.0768. The second kappa shape index (κ2) is 4.65. The Morgan fingerprint density at radius 3 is 3.19 bits per heavy atom. The highest BCUT2D eigenvalue weighted by Crippen LogP contribution is 2.16. The van der Waals surface area contributed by atoms with Gasteiger partial charge in [-0.25, -0.2) is 4.98 Å². The van der Waals surface area contributed by atoms with Gasteiger partial charge in [-0.2, -0.15) is 0 Å². The molecule has 2 rings (SSSR count). The van der Waals surface area contributed by atoms with E-state index in [2.05, 4.69) is 10.3 Å². The molecule has 0 radical (unpaired) electrons. The van der Waals surface area contributed by atoms with Crippen molar-refractivity contribution in [3.05, 3.63) is 23.0 Å². The van der Waals surface area contributed by atoms with Gasteiger partial charge in [-0.15, -0.1) is 11.3 Å². The number of hydrogen-bond acceptors (Lipinski definition) is 3. The first-order chi connectivity index (χ1) is 7.70. The number of amides is 1. The normalized spacial score (nSPS) is 10.9. The molecule has 0 atom stereocenters. The largest absolute Gasteiger partial charge is 0.356 e. The Balaban J connectivity index is 2.11. The van der Waals surface area contributed by atoms with E-state index in [0.29, 0.717) is 6.42 Å². The van der Waals surface area contributed by atoms with Crippen LogP contribution in [0.1, 0.15) is 24.7 Å². The van der Waals surface area contributed by atoms with Gasteiger partial charge in [0.15, 0.2) is 4.96 Å². The Kier molecular flexibility index (Phi) is 3.24. The van der Waals surface area contributed by atoms with Gasteiger partial charge in [0.25, 0.3) is 0 Å². The molecular formula is C11H15N3OS. The van der Waals surface area contributed by atoms with Crippen LogP contribution in [-0.2, 0) is 11.2 Å². The monoisotopic (exact) mass is 237 g/mol. The van der Waals surface area contributed by atoms with Gasteiger partial charge < -0.3 is 5.32 Å². The molecule has 0 saturated heterocycles. The van der Waals surface area contributed by atoms with E-state index in [4.69, 9.17) is 0 Å². The molecule has 16 heavy (non-hydrogen) atoms. The van der Waals surface area contributed by atoms with Crippen LogP contribution in [0, 0.1) is 6.92 Å². The van der Waals surface area contributed by atoms with Crippen LogP contribution in [0.2, 0.25) is 0 Å². The minimum absolute atomic E-state index is 0.0768. The number of thiazole rings is 1. The standard InChI is InChI=1S/C11H15N3OS/c1-3-4-12-10(15)5-9-7-16-11-13-8(2)6-14(9)11/h6-7H,3-5H2,1-2H3,(H,12,15). The molecule has 0 unspecified atom stereocenters. The van der Waals surface area contributed by atoms with E-state index in [1.807, 2.05) is 29.8 Å². The van der Waals surface area contributed by atoms with Crippen molar-refractivity contribution in [2.45, 2.75) is 26.7 Å². The number of aromatic nitrogens is 2. The molecular weight excluding hydrogens is 222 g/mol. The van der Waals surface area contributed by atoms with Crippen LogP contribution in [0.5, 0.6) is 0 Å². The molecule has 86 valence electrons. The van der Waals surface area contributed by atoms with Crippen LogP contribution in [-0.4, -0.2) is 21.8 Å². The summed E-state index contributed by atoms with van der Waals surface area (Å²) in [5, 5.41) is 4.87. The average Bonchev–Trinajstić information content (AvgIpc) is 2.76. The SMILES string of the molecule is CCCNC(=O)Cc1csc2nc(C)cn12. The van der Waals surface area contributed by atoms with Gasteiger partial charge in [0.1, 0.15) is 0 Å². The quantitative estimate of drug-likeness (QED) is 0.881. The predicted molar refractivity (Wildman–Crippen MR) is 64.8 cm³/mol. The highest BCUT2D eigenvalue weighted by Gasteiger charge is 2.09. The van der Waals surface area contributed by atoms with E-state index in [-0.39, 0.29) is 5.91 Å². The van der Waals surface area contributed by atoms with Gasteiger partial charge in [0.2, 0.25) is 5.91 Å². The predicted octanol–water partition coefficient (Wildman–Crippen LogP) is 1.77. The number of rotatable bonds is 4. The molecule has 0 bridgehead atoms. The van der Waals surface area contributed by atoms with Crippen LogP contribution < -0.4 is 5.32 Å². The number of carbonyl (C=O) groups excluding carboxylic acids is 1. The molecule has 0 fully saturated rings. The topological polar surface area (TPSA) is 46.4 Å². The molecule has 1 N–H and O–H groups in total. The fourth-order valence-electron chi connectivity index (χ4n) is 1.56. The maximum absolute atomic E-state index is 11.6. The highest BCUT2D eigenvalue weighted by molar-refractivity contribution is 7.15. The Morgan fingerprint density at radius 2 is 2.44 bits per heavy atom. The van der Waals surface area contributed by atoms with Crippen molar-refractivity contribution in [1.29, 1.82) is 0 Å². The first kappa shape index (κ1) is 11.1. The minimum atomic E-state index is 0.0768. The number of nitrogens with zero attached hydrogens (tertiary/aromatic N) is 2. The summed E-state index contributed by atoms with van der Waals surface area (Å²) < 4.78 is 1.99. The summed E-state index contributed by atoms with van der Waals surface area (Å²) in [4.78, 5) is 16.9. The van der Waals surface area contributed by atoms with Gasteiger partial charge in [-0.1, -0.05) is 6.92 Å². The molecule has 0 aliphatic heterocycles. The lowest BCUT2D eigenvalue weighted by atomic mass is 10.3. The molecule has 2 heterocycles. The summed E-state index contributed by atoms with van der Waals surface area (Å²) in [7, 11) is 0. The Hall–Kier alpha value is -1.36. The van der Waals surface area contributed by atoms with Crippen LogP contribution in [0.4, 0.5) is 0 Å². The van der Waals surface area contributed by atoms with Crippen LogP contribution in [0.15, 0.2) is 11.6 Å². The maximum Gasteiger partial charge on any atom is 0.225 e. The maximum atomic E-state index is 11.6. The summed E-state index contributed by atoms with van der Waals surface area (Å²) >= 11 is 1.57. The van der Waals surface area contributed by atoms with Crippen LogP contribution in [0.25, 0.3) is 4.96 Å². The van der Waals surface area contributed by atoms with Gasteiger partial charge in [-0.3, -0.25) is 9.20 Å². The molecule has 0 aliphatic rings. The lowest BCUT2D eigenvalue weighted by molar-refractivity contribution is -0.120. The molecule has 1 amide bonds. The minimum Gasteiger partial charge on any atom is -0.356 e. The number of carbonyl (C=O) groups is 1. The van der Waals surface area contributed by atoms with E-state index in [9.17, 15) is 4.79 Å². The van der Waals surface area contributed by atoms with E-state index < -0.39 is 0 Å². The van der Waals surface area contributed by atoms with E-state index in [1.165, 1.54) is 0 Å². The average molecular weight is 237 g/mol. The zero-order chi connectivity index (χ0) is 11.5. The number of nitrogens with one attached hydrogen (secondary N) is 1. The lowest BCUT2D eigenvalue weighted by Crippen LogP contribution is -2.26. The molecule has 4 nitrogen and oxygen atoms in total. The number of fused-ring (bicyclic) bond motifs is 1. The molecule has 2 aromatic heterocycles. The third-order valence-corrected chi connectivity index (χ3v) is 3.21. The molecule has 0 aromatic carbocycles. The first-order valence-electron chi connectivity index (χ1n) is 5.39. The second-order valence-electron chi connectivity index (χ2n) is 3.79. The second-order valence-corrected chi connectivity index (χ2v) is 4.63. The summed E-state index contributed by atoms with van der Waals surface area (Å²) in [6, 6.07) is 0. The summed E-state index contributed by atoms with van der Waals surface area (Å²) in [6.45, 7) is 4.75. The van der Waals surface area contributed by atoms with Crippen molar-refractivity contribution in [2.75, 3.05) is 6.54 Å². The first-order valence-corrected chi connectivity index (χ1v) is 6.27. The lowest BCUT2D eigenvalue weighted by Gasteiger charge is -2.02. The van der Waals surface area contributed by atoms with E-state index in [0.717, 1.165) is 29.3 Å². The van der Waals surface area contributed by atoms with Crippen molar-refractivity contribution in [3.63, 3.8) is 0 Å². The third-order valence-electron chi connectivity index (χ3n) is 2.32. The summed E-state index contributed by atoms with van der Waals surface area (Å²) in [6.07, 6.45) is 3.36. The number of imidazole rings is 1. The number of hydrogen-bond donors (Lipinski definition) is 1. The Bertz CT molecular complexity index is 500. The number of aryl methyl sites for hydroxylation is 1. The zero-order valence-corrected chi connectivity index (χ0v) is 10.3. The van der Waals surface area contributed by atoms with Gasteiger partial charge in [0.05, 0.1) is 12.1 Å². The fourth-order valence-corrected chi connectivity index (χ4v) is 2.48.